The number of terminal acetylenes is 1. The Labute approximate surface area is 138 Å². The zero-order valence-corrected chi connectivity index (χ0v) is 13.3. The first-order valence-corrected chi connectivity index (χ1v) is 7.64. The average molecular weight is 329 g/mol. The van der Waals surface area contributed by atoms with Gasteiger partial charge in [-0.2, -0.15) is 0 Å². The van der Waals surface area contributed by atoms with Gasteiger partial charge in [-0.05, 0) is 35.5 Å². The number of hydrogen-bond donors (Lipinski definition) is 2. The number of carbonyl (C=O) groups is 1. The summed E-state index contributed by atoms with van der Waals surface area (Å²) in [5.41, 5.74) is 0.731. The number of benzene rings is 1. The van der Waals surface area contributed by atoms with Crippen LogP contribution in [0, 0.1) is 12.3 Å². The summed E-state index contributed by atoms with van der Waals surface area (Å²) >= 11 is 0.996. The number of nitrogens with one attached hydrogen (secondary N) is 1. The van der Waals surface area contributed by atoms with Crippen LogP contribution in [0.3, 0.4) is 0 Å². The highest BCUT2D eigenvalue weighted by Crippen LogP contribution is 2.26. The van der Waals surface area contributed by atoms with Crippen LogP contribution in [0.2, 0.25) is 0 Å². The summed E-state index contributed by atoms with van der Waals surface area (Å²) in [6.45, 7) is 2.13. The van der Waals surface area contributed by atoms with Gasteiger partial charge in [-0.1, -0.05) is 25.0 Å². The second-order valence-electron chi connectivity index (χ2n) is 4.40. The Morgan fingerprint density at radius 1 is 1.48 bits per heavy atom. The fourth-order valence-electron chi connectivity index (χ4n) is 1.65. The minimum Gasteiger partial charge on any atom is -0.481 e. The Morgan fingerprint density at radius 2 is 2.22 bits per heavy atom. The highest BCUT2D eigenvalue weighted by Gasteiger charge is 2.13. The van der Waals surface area contributed by atoms with Crippen LogP contribution in [-0.2, 0) is 11.2 Å². The third-order valence-electron chi connectivity index (χ3n) is 2.76. The maximum absolute atomic E-state index is 11.4. The fraction of sp³-hybridized carbons (Fsp3) is 0.188. The second kappa shape index (κ2) is 8.06. The zero-order valence-electron chi connectivity index (χ0n) is 12.4. The van der Waals surface area contributed by atoms with Crippen molar-refractivity contribution in [3.63, 3.8) is 0 Å². The molecule has 0 spiro atoms. The lowest BCUT2D eigenvalue weighted by Gasteiger charge is -2.03. The van der Waals surface area contributed by atoms with Crippen molar-refractivity contribution in [2.75, 3.05) is 6.61 Å². The fourth-order valence-corrected chi connectivity index (χ4v) is 2.38. The van der Waals surface area contributed by atoms with Crippen LogP contribution in [0.5, 0.6) is 5.75 Å². The smallest absolute Gasteiger partial charge is 0.342 e. The summed E-state index contributed by atoms with van der Waals surface area (Å²) in [4.78, 5) is 15.7. The largest absolute Gasteiger partial charge is 0.481 e. The van der Waals surface area contributed by atoms with E-state index in [9.17, 15) is 9.90 Å². The summed E-state index contributed by atoms with van der Waals surface area (Å²) in [5.74, 6) is 2.69. The molecule has 2 N–H and O–H groups in total. The number of aromatic amines is 1. The molecule has 0 aliphatic heterocycles. The number of aliphatic carboxylic acids is 1. The lowest BCUT2D eigenvalue weighted by atomic mass is 10.2. The Balaban J connectivity index is 2.14. The first-order chi connectivity index (χ1) is 11.1. The first kappa shape index (κ1) is 16.6. The molecule has 0 fully saturated rings. The van der Waals surface area contributed by atoms with Gasteiger partial charge in [0.05, 0.1) is 0 Å². The summed E-state index contributed by atoms with van der Waals surface area (Å²) in [6.07, 6.45) is 7.39. The third-order valence-corrected chi connectivity index (χ3v) is 3.64. The summed E-state index contributed by atoms with van der Waals surface area (Å²) in [5, 5.41) is 16.4. The molecule has 0 aliphatic carbocycles. The van der Waals surface area contributed by atoms with Crippen LogP contribution in [-0.4, -0.2) is 32.9 Å². The van der Waals surface area contributed by atoms with E-state index in [0.29, 0.717) is 23.2 Å². The van der Waals surface area contributed by atoms with Gasteiger partial charge in [0.25, 0.3) is 0 Å². The van der Waals surface area contributed by atoms with E-state index in [-0.39, 0.29) is 11.5 Å². The van der Waals surface area contributed by atoms with Crippen molar-refractivity contribution in [3.8, 4) is 18.1 Å². The predicted molar refractivity (Wildman–Crippen MR) is 88.0 cm³/mol. The Kier molecular flexibility index (Phi) is 5.83. The summed E-state index contributed by atoms with van der Waals surface area (Å²) in [6, 6.07) is 6.97. The van der Waals surface area contributed by atoms with Crippen molar-refractivity contribution in [3.05, 3.63) is 40.6 Å². The molecular formula is C16H15N3O3S. The lowest BCUT2D eigenvalue weighted by molar-refractivity contribution is -0.131. The molecule has 7 heteroatoms. The molecule has 1 heterocycles. The Morgan fingerprint density at radius 3 is 2.78 bits per heavy atom. The summed E-state index contributed by atoms with van der Waals surface area (Å²) in [7, 11) is 0. The van der Waals surface area contributed by atoms with Gasteiger partial charge in [0, 0.05) is 6.42 Å². The van der Waals surface area contributed by atoms with E-state index in [1.165, 1.54) is 0 Å². The summed E-state index contributed by atoms with van der Waals surface area (Å²) < 4.78 is 5.27. The van der Waals surface area contributed by atoms with Crippen LogP contribution in [0.25, 0.3) is 6.08 Å². The van der Waals surface area contributed by atoms with Gasteiger partial charge in [-0.15, -0.1) is 11.5 Å². The first-order valence-electron chi connectivity index (χ1n) is 6.82. The maximum Gasteiger partial charge on any atom is 0.342 e. The zero-order chi connectivity index (χ0) is 16.7. The number of ether oxygens (including phenoxy) is 1. The van der Waals surface area contributed by atoms with Crippen molar-refractivity contribution < 1.29 is 14.6 Å². The molecule has 118 valence electrons. The SMILES string of the molecule is C#CCOc1ccc(/C=C(\Sc2n[nH]c(CC)n2)C(=O)O)cc1. The number of H-pyrrole nitrogens is 1. The van der Waals surface area contributed by atoms with Crippen molar-refractivity contribution in [2.45, 2.75) is 18.5 Å². The monoisotopic (exact) mass is 329 g/mol. The molecular weight excluding hydrogens is 314 g/mol. The number of aromatic nitrogens is 3. The second-order valence-corrected chi connectivity index (χ2v) is 5.40. The van der Waals surface area contributed by atoms with E-state index < -0.39 is 5.97 Å². The number of carboxylic acids is 1. The topological polar surface area (TPSA) is 88.1 Å². The molecule has 2 aromatic rings. The molecule has 0 saturated heterocycles. The third kappa shape index (κ3) is 4.90. The van der Waals surface area contributed by atoms with Gasteiger partial charge in [-0.3, -0.25) is 5.10 Å². The van der Waals surface area contributed by atoms with Gasteiger partial charge in [-0.25, -0.2) is 9.78 Å². The van der Waals surface area contributed by atoms with E-state index in [1.807, 2.05) is 6.92 Å². The van der Waals surface area contributed by atoms with E-state index in [1.54, 1.807) is 30.3 Å². The van der Waals surface area contributed by atoms with Crippen LogP contribution < -0.4 is 4.74 Å². The minimum absolute atomic E-state index is 0.129. The molecule has 0 bridgehead atoms. The van der Waals surface area contributed by atoms with Crippen LogP contribution >= 0.6 is 11.8 Å². The highest BCUT2D eigenvalue weighted by molar-refractivity contribution is 8.04. The van der Waals surface area contributed by atoms with E-state index in [0.717, 1.165) is 17.3 Å². The average Bonchev–Trinajstić information content (AvgIpc) is 3.01. The molecule has 0 saturated carbocycles. The number of carboxylic acid groups (broad SMARTS) is 1. The quantitative estimate of drug-likeness (QED) is 0.461. The number of rotatable bonds is 7. The molecule has 1 aromatic carbocycles. The minimum atomic E-state index is -1.04. The van der Waals surface area contributed by atoms with Crippen LogP contribution in [0.1, 0.15) is 18.3 Å². The van der Waals surface area contributed by atoms with Crippen molar-refractivity contribution in [1.29, 1.82) is 0 Å². The molecule has 1 aromatic heterocycles. The van der Waals surface area contributed by atoms with Crippen LogP contribution in [0.4, 0.5) is 0 Å². The number of hydrogen-bond acceptors (Lipinski definition) is 5. The normalized spacial score (nSPS) is 11.0. The molecule has 23 heavy (non-hydrogen) atoms. The van der Waals surface area contributed by atoms with Gasteiger partial charge in [0.15, 0.2) is 0 Å². The number of thioether (sulfide) groups is 1. The highest BCUT2D eigenvalue weighted by atomic mass is 32.2. The van der Waals surface area contributed by atoms with Crippen LogP contribution in [0.15, 0.2) is 34.3 Å². The molecule has 2 rings (SSSR count). The van der Waals surface area contributed by atoms with Crippen molar-refractivity contribution >= 4 is 23.8 Å². The Bertz CT molecular complexity index is 745. The predicted octanol–water partition coefficient (Wildman–Crippen LogP) is 2.60. The maximum atomic E-state index is 11.4. The van der Waals surface area contributed by atoms with E-state index in [2.05, 4.69) is 21.1 Å². The van der Waals surface area contributed by atoms with Crippen molar-refractivity contribution in [2.24, 2.45) is 0 Å². The van der Waals surface area contributed by atoms with Crippen molar-refractivity contribution in [1.82, 2.24) is 15.2 Å². The van der Waals surface area contributed by atoms with Gasteiger partial charge in [0.1, 0.15) is 23.1 Å². The number of aryl methyl sites for hydroxylation is 1. The van der Waals surface area contributed by atoms with E-state index >= 15 is 0 Å². The van der Waals surface area contributed by atoms with E-state index in [4.69, 9.17) is 11.2 Å². The molecule has 0 unspecified atom stereocenters. The van der Waals surface area contributed by atoms with Gasteiger partial charge in [0.2, 0.25) is 5.16 Å². The van der Waals surface area contributed by atoms with Gasteiger partial charge < -0.3 is 9.84 Å². The molecule has 0 amide bonds. The molecule has 0 atom stereocenters. The molecule has 0 radical (unpaired) electrons. The molecule has 0 aliphatic rings. The Hall–Kier alpha value is -2.72. The molecule has 6 nitrogen and oxygen atoms in total. The lowest BCUT2D eigenvalue weighted by Crippen LogP contribution is -1.97. The van der Waals surface area contributed by atoms with Gasteiger partial charge >= 0.3 is 5.97 Å². The standard InChI is InChI=1S/C16H15N3O3S/c1-3-9-22-12-7-5-11(6-8-12)10-13(15(20)21)23-16-17-14(4-2)18-19-16/h1,5-8,10H,4,9H2,2H3,(H,20,21)(H,17,18,19)/b13-10-. The number of nitrogens with zero attached hydrogens (tertiary/aromatic N) is 2.